The normalized spacial score (nSPS) is 15.3. The van der Waals surface area contributed by atoms with Crippen molar-refractivity contribution in [3.05, 3.63) is 79.2 Å². The monoisotopic (exact) mass is 706 g/mol. The van der Waals surface area contributed by atoms with Crippen LogP contribution in [0.1, 0.15) is 18.1 Å². The molecule has 3 aromatic carbocycles. The molecule has 41 heavy (non-hydrogen) atoms. The number of thioether (sulfide) groups is 1. The average molecular weight is 707 g/mol. The molecular weight excluding hydrogens is 683 g/mol. The molecule has 0 spiro atoms. The summed E-state index contributed by atoms with van der Waals surface area (Å²) >= 11 is 9.18. The van der Waals surface area contributed by atoms with Crippen LogP contribution in [0.25, 0.3) is 6.08 Å². The summed E-state index contributed by atoms with van der Waals surface area (Å²) in [5.41, 5.74) is 1.95. The smallest absolute Gasteiger partial charge is 0.294 e. The highest BCUT2D eigenvalue weighted by Crippen LogP contribution is 2.38. The minimum absolute atomic E-state index is 0.199. The molecule has 0 atom stereocenters. The lowest BCUT2D eigenvalue weighted by atomic mass is 10.1. The summed E-state index contributed by atoms with van der Waals surface area (Å²) < 4.78 is 23.7. The Morgan fingerprint density at radius 3 is 2.66 bits per heavy atom. The molecule has 1 fully saturated rings. The van der Waals surface area contributed by atoms with E-state index in [9.17, 15) is 14.4 Å². The fourth-order valence-corrected chi connectivity index (χ4v) is 5.90. The molecule has 0 aromatic heterocycles. The Hall–Kier alpha value is -3.42. The Labute approximate surface area is 259 Å². The van der Waals surface area contributed by atoms with Crippen molar-refractivity contribution < 1.29 is 33.3 Å². The molecule has 5 rings (SSSR count). The van der Waals surface area contributed by atoms with E-state index in [1.807, 2.05) is 31.2 Å². The largest absolute Gasteiger partial charge is 0.490 e. The van der Waals surface area contributed by atoms with Crippen LogP contribution < -0.4 is 24.3 Å². The standard InChI is InChI=1S/C29H24ClIN2O7S/c1-2-37-24-12-17(11-21(31)27(24)40-16-18-5-3-4-6-20(18)30)13-25-28(35)33(29(36)41-25)15-26(34)32-19-7-8-22-23(14-19)39-10-9-38-22/h3-8,11-14H,2,9-10,15-16H2,1H3,(H,32,34)/b25-13+. The number of benzene rings is 3. The van der Waals surface area contributed by atoms with Gasteiger partial charge in [-0.2, -0.15) is 0 Å². The molecule has 0 bridgehead atoms. The summed E-state index contributed by atoms with van der Waals surface area (Å²) in [6.07, 6.45) is 1.60. The first-order chi connectivity index (χ1) is 19.8. The van der Waals surface area contributed by atoms with Crippen molar-refractivity contribution in [2.75, 3.05) is 31.7 Å². The van der Waals surface area contributed by atoms with Gasteiger partial charge < -0.3 is 24.3 Å². The van der Waals surface area contributed by atoms with Gasteiger partial charge in [-0.1, -0.05) is 29.8 Å². The summed E-state index contributed by atoms with van der Waals surface area (Å²) in [7, 11) is 0. The van der Waals surface area contributed by atoms with E-state index in [-0.39, 0.29) is 11.5 Å². The topological polar surface area (TPSA) is 103 Å². The summed E-state index contributed by atoms with van der Waals surface area (Å²) in [5.74, 6) is 1.09. The van der Waals surface area contributed by atoms with Crippen LogP contribution >= 0.6 is 46.0 Å². The second kappa shape index (κ2) is 13.0. The molecule has 2 aliphatic rings. The van der Waals surface area contributed by atoms with E-state index in [2.05, 4.69) is 27.9 Å². The average Bonchev–Trinajstić information content (AvgIpc) is 3.20. The third-order valence-electron chi connectivity index (χ3n) is 5.96. The predicted octanol–water partition coefficient (Wildman–Crippen LogP) is 6.37. The van der Waals surface area contributed by atoms with Crippen molar-refractivity contribution in [2.24, 2.45) is 0 Å². The van der Waals surface area contributed by atoms with Crippen LogP contribution in [0.3, 0.4) is 0 Å². The Kier molecular flexibility index (Phi) is 9.25. The fraction of sp³-hybridized carbons (Fsp3) is 0.207. The molecule has 12 heteroatoms. The molecule has 1 N–H and O–H groups in total. The maximum atomic E-state index is 13.1. The minimum atomic E-state index is -0.552. The quantitative estimate of drug-likeness (QED) is 0.203. The number of nitrogens with zero attached hydrogens (tertiary/aromatic N) is 1. The zero-order chi connectivity index (χ0) is 28.9. The number of ether oxygens (including phenoxy) is 4. The van der Waals surface area contributed by atoms with Gasteiger partial charge in [0.1, 0.15) is 26.4 Å². The molecule has 9 nitrogen and oxygen atoms in total. The van der Waals surface area contributed by atoms with Gasteiger partial charge in [-0.25, -0.2) is 0 Å². The Balaban J connectivity index is 1.28. The van der Waals surface area contributed by atoms with Crippen LogP contribution in [0.4, 0.5) is 10.5 Å². The van der Waals surface area contributed by atoms with Gasteiger partial charge in [-0.3, -0.25) is 19.3 Å². The molecule has 0 aliphatic carbocycles. The summed E-state index contributed by atoms with van der Waals surface area (Å²) in [4.78, 5) is 39.5. The predicted molar refractivity (Wildman–Crippen MR) is 165 cm³/mol. The lowest BCUT2D eigenvalue weighted by molar-refractivity contribution is -0.127. The van der Waals surface area contributed by atoms with Crippen LogP contribution in [0.2, 0.25) is 5.02 Å². The molecule has 2 aliphatic heterocycles. The summed E-state index contributed by atoms with van der Waals surface area (Å²) in [6.45, 7) is 2.96. The van der Waals surface area contributed by atoms with Crippen LogP contribution in [0.5, 0.6) is 23.0 Å². The number of hydrogen-bond acceptors (Lipinski definition) is 8. The zero-order valence-electron chi connectivity index (χ0n) is 21.8. The second-order valence-electron chi connectivity index (χ2n) is 8.82. The number of carbonyl (C=O) groups is 3. The van der Waals surface area contributed by atoms with E-state index in [0.717, 1.165) is 25.8 Å². The van der Waals surface area contributed by atoms with E-state index in [0.29, 0.717) is 59.1 Å². The Morgan fingerprint density at radius 1 is 1.10 bits per heavy atom. The lowest BCUT2D eigenvalue weighted by Gasteiger charge is -2.19. The number of hydrogen-bond donors (Lipinski definition) is 1. The third kappa shape index (κ3) is 6.91. The van der Waals surface area contributed by atoms with Gasteiger partial charge in [0.15, 0.2) is 23.0 Å². The van der Waals surface area contributed by atoms with Gasteiger partial charge in [0.05, 0.1) is 15.1 Å². The van der Waals surface area contributed by atoms with E-state index < -0.39 is 23.6 Å². The number of carbonyl (C=O) groups excluding carboxylic acids is 3. The van der Waals surface area contributed by atoms with E-state index in [1.165, 1.54) is 0 Å². The molecular formula is C29H24ClIN2O7S. The van der Waals surface area contributed by atoms with Gasteiger partial charge in [-0.15, -0.1) is 0 Å². The first-order valence-electron chi connectivity index (χ1n) is 12.6. The highest BCUT2D eigenvalue weighted by Gasteiger charge is 2.36. The van der Waals surface area contributed by atoms with Gasteiger partial charge >= 0.3 is 0 Å². The molecule has 212 valence electrons. The number of nitrogens with one attached hydrogen (secondary N) is 1. The molecule has 0 unspecified atom stereocenters. The Morgan fingerprint density at radius 2 is 1.88 bits per heavy atom. The van der Waals surface area contributed by atoms with Crippen molar-refractivity contribution in [3.63, 3.8) is 0 Å². The molecule has 2 heterocycles. The second-order valence-corrected chi connectivity index (χ2v) is 11.4. The first kappa shape index (κ1) is 29.1. The van der Waals surface area contributed by atoms with Crippen LogP contribution in [0.15, 0.2) is 59.5 Å². The minimum Gasteiger partial charge on any atom is -0.490 e. The molecule has 0 saturated carbocycles. The van der Waals surface area contributed by atoms with Gasteiger partial charge in [0, 0.05) is 22.3 Å². The van der Waals surface area contributed by atoms with Gasteiger partial charge in [0.25, 0.3) is 11.1 Å². The SMILES string of the molecule is CCOc1cc(/C=C2/SC(=O)N(CC(=O)Nc3ccc4c(c3)OCCO4)C2=O)cc(I)c1OCc1ccccc1Cl. The number of fused-ring (bicyclic) bond motifs is 1. The maximum Gasteiger partial charge on any atom is 0.294 e. The van der Waals surface area contributed by atoms with E-state index in [4.69, 9.17) is 30.5 Å². The van der Waals surface area contributed by atoms with Crippen LogP contribution in [-0.2, 0) is 16.2 Å². The van der Waals surface area contributed by atoms with E-state index in [1.54, 1.807) is 36.4 Å². The number of amides is 3. The summed E-state index contributed by atoms with van der Waals surface area (Å²) in [6, 6.07) is 16.0. The van der Waals surface area contributed by atoms with Crippen molar-refractivity contribution in [2.45, 2.75) is 13.5 Å². The maximum absolute atomic E-state index is 13.1. The third-order valence-corrected chi connectivity index (χ3v) is 8.04. The van der Waals surface area contributed by atoms with E-state index >= 15 is 0 Å². The number of imide groups is 1. The van der Waals surface area contributed by atoms with Crippen molar-refractivity contribution in [1.29, 1.82) is 0 Å². The van der Waals surface area contributed by atoms with Crippen molar-refractivity contribution in [3.8, 4) is 23.0 Å². The number of halogens is 2. The first-order valence-corrected chi connectivity index (χ1v) is 14.9. The molecule has 0 radical (unpaired) electrons. The lowest BCUT2D eigenvalue weighted by Crippen LogP contribution is -2.36. The zero-order valence-corrected chi connectivity index (χ0v) is 25.5. The van der Waals surface area contributed by atoms with Crippen molar-refractivity contribution in [1.82, 2.24) is 4.90 Å². The van der Waals surface area contributed by atoms with Crippen LogP contribution in [-0.4, -0.2) is 48.3 Å². The van der Waals surface area contributed by atoms with Crippen molar-refractivity contribution >= 4 is 74.8 Å². The number of anilines is 1. The fourth-order valence-electron chi connectivity index (χ4n) is 4.09. The Bertz CT molecular complexity index is 1550. The van der Waals surface area contributed by atoms with Gasteiger partial charge in [-0.05, 0) is 83.2 Å². The molecule has 3 amide bonds. The highest BCUT2D eigenvalue weighted by molar-refractivity contribution is 14.1. The number of rotatable bonds is 9. The summed E-state index contributed by atoms with van der Waals surface area (Å²) in [5, 5.41) is 2.77. The van der Waals surface area contributed by atoms with Gasteiger partial charge in [0.2, 0.25) is 5.91 Å². The highest BCUT2D eigenvalue weighted by atomic mass is 127. The molecule has 1 saturated heterocycles. The molecule has 3 aromatic rings. The van der Waals surface area contributed by atoms with Crippen LogP contribution in [0, 0.1) is 3.57 Å².